The van der Waals surface area contributed by atoms with Crippen LogP contribution in [-0.4, -0.2) is 30.9 Å². The molecule has 30 heavy (non-hydrogen) atoms. The molecule has 7 nitrogen and oxygen atoms in total. The number of halogens is 2. The van der Waals surface area contributed by atoms with Gasteiger partial charge in [0.05, 0.1) is 12.3 Å². The summed E-state index contributed by atoms with van der Waals surface area (Å²) >= 11 is 11.8. The SMILES string of the molecule is CCOC(=O)c1cccn1S(=O)(=O)c1cc(Cl)ccc1NC(=O)c1ccc(Cl)cc1. The maximum atomic E-state index is 13.3. The zero-order valence-corrected chi connectivity index (χ0v) is 18.0. The van der Waals surface area contributed by atoms with Crippen LogP contribution in [0.1, 0.15) is 27.8 Å². The van der Waals surface area contributed by atoms with Crippen molar-refractivity contribution in [3.05, 3.63) is 82.1 Å². The van der Waals surface area contributed by atoms with Crippen molar-refractivity contribution in [2.75, 3.05) is 11.9 Å². The van der Waals surface area contributed by atoms with Gasteiger partial charge in [-0.1, -0.05) is 23.2 Å². The molecule has 0 unspecified atom stereocenters. The minimum atomic E-state index is -4.28. The third-order valence-electron chi connectivity index (χ3n) is 4.03. The molecule has 156 valence electrons. The largest absolute Gasteiger partial charge is 0.461 e. The number of nitrogens with zero attached hydrogens (tertiary/aromatic N) is 1. The van der Waals surface area contributed by atoms with Crippen LogP contribution in [0.3, 0.4) is 0 Å². The van der Waals surface area contributed by atoms with E-state index < -0.39 is 21.9 Å². The summed E-state index contributed by atoms with van der Waals surface area (Å²) in [6, 6.07) is 12.8. The average molecular weight is 467 g/mol. The smallest absolute Gasteiger partial charge is 0.355 e. The summed E-state index contributed by atoms with van der Waals surface area (Å²) in [5.74, 6) is -1.33. The Morgan fingerprint density at radius 1 is 1.03 bits per heavy atom. The normalized spacial score (nSPS) is 11.2. The number of carbonyl (C=O) groups excluding carboxylic acids is 2. The molecule has 0 saturated heterocycles. The lowest BCUT2D eigenvalue weighted by atomic mass is 10.2. The molecule has 0 aliphatic rings. The first-order chi connectivity index (χ1) is 14.2. The van der Waals surface area contributed by atoms with E-state index in [2.05, 4.69) is 5.32 Å². The molecule has 0 radical (unpaired) electrons. The number of ether oxygens (including phenoxy) is 1. The fraction of sp³-hybridized carbons (Fsp3) is 0.100. The second-order valence-electron chi connectivity index (χ2n) is 6.02. The van der Waals surface area contributed by atoms with Gasteiger partial charge in [0.1, 0.15) is 10.6 Å². The van der Waals surface area contributed by atoms with Crippen molar-refractivity contribution in [2.24, 2.45) is 0 Å². The fourth-order valence-electron chi connectivity index (χ4n) is 2.65. The molecule has 0 aliphatic heterocycles. The zero-order valence-electron chi connectivity index (χ0n) is 15.6. The van der Waals surface area contributed by atoms with Gasteiger partial charge >= 0.3 is 5.97 Å². The summed E-state index contributed by atoms with van der Waals surface area (Å²) in [5, 5.41) is 3.17. The number of aromatic nitrogens is 1. The van der Waals surface area contributed by atoms with E-state index in [4.69, 9.17) is 27.9 Å². The second kappa shape index (κ2) is 8.91. The maximum absolute atomic E-state index is 13.3. The highest BCUT2D eigenvalue weighted by Gasteiger charge is 2.27. The summed E-state index contributed by atoms with van der Waals surface area (Å²) in [4.78, 5) is 24.4. The molecule has 0 spiro atoms. The number of rotatable bonds is 6. The fourth-order valence-corrected chi connectivity index (χ4v) is 4.53. The Morgan fingerprint density at radius 2 is 1.70 bits per heavy atom. The number of hydrogen-bond acceptors (Lipinski definition) is 5. The van der Waals surface area contributed by atoms with Gasteiger partial charge in [0.2, 0.25) is 0 Å². The van der Waals surface area contributed by atoms with E-state index in [1.807, 2.05) is 0 Å². The molecule has 10 heteroatoms. The quantitative estimate of drug-likeness (QED) is 0.541. The van der Waals surface area contributed by atoms with Crippen molar-refractivity contribution in [1.82, 2.24) is 3.97 Å². The van der Waals surface area contributed by atoms with Gasteiger partial charge in [0.25, 0.3) is 15.9 Å². The molecule has 0 saturated carbocycles. The molecule has 1 heterocycles. The molecule has 3 aromatic rings. The first-order valence-corrected chi connectivity index (χ1v) is 10.9. The number of benzene rings is 2. The van der Waals surface area contributed by atoms with E-state index in [0.717, 1.165) is 3.97 Å². The van der Waals surface area contributed by atoms with Gasteiger partial charge < -0.3 is 10.1 Å². The zero-order chi connectivity index (χ0) is 21.9. The molecule has 0 bridgehead atoms. The Bertz CT molecular complexity index is 1200. The van der Waals surface area contributed by atoms with E-state index in [9.17, 15) is 18.0 Å². The molecular formula is C20H16Cl2N2O5S. The summed E-state index contributed by atoms with van der Waals surface area (Å²) in [6.45, 7) is 1.70. The van der Waals surface area contributed by atoms with Crippen molar-refractivity contribution in [1.29, 1.82) is 0 Å². The van der Waals surface area contributed by atoms with Crippen LogP contribution in [-0.2, 0) is 14.8 Å². The van der Waals surface area contributed by atoms with Gasteiger partial charge in [-0.2, -0.15) is 0 Å². The van der Waals surface area contributed by atoms with E-state index in [1.54, 1.807) is 19.1 Å². The van der Waals surface area contributed by atoms with Gasteiger partial charge in [0.15, 0.2) is 0 Å². The molecule has 3 rings (SSSR count). The lowest BCUT2D eigenvalue weighted by Gasteiger charge is -2.15. The van der Waals surface area contributed by atoms with Crippen LogP contribution in [0.4, 0.5) is 5.69 Å². The van der Waals surface area contributed by atoms with Gasteiger partial charge in [-0.25, -0.2) is 17.2 Å². The number of esters is 1. The van der Waals surface area contributed by atoms with Gasteiger partial charge in [-0.15, -0.1) is 0 Å². The van der Waals surface area contributed by atoms with E-state index in [0.29, 0.717) is 5.02 Å². The molecule has 1 N–H and O–H groups in total. The molecule has 1 amide bonds. The predicted octanol–water partition coefficient (Wildman–Crippen LogP) is 4.46. The van der Waals surface area contributed by atoms with Crippen LogP contribution in [0, 0.1) is 0 Å². The lowest BCUT2D eigenvalue weighted by molar-refractivity contribution is 0.0518. The van der Waals surface area contributed by atoms with Crippen LogP contribution < -0.4 is 5.32 Å². The molecule has 0 fully saturated rings. The van der Waals surface area contributed by atoms with Crippen molar-refractivity contribution in [3.63, 3.8) is 0 Å². The van der Waals surface area contributed by atoms with E-state index >= 15 is 0 Å². The summed E-state index contributed by atoms with van der Waals surface area (Å²) in [7, 11) is -4.28. The molecule has 0 aliphatic carbocycles. The van der Waals surface area contributed by atoms with Crippen molar-refractivity contribution in [2.45, 2.75) is 11.8 Å². The summed E-state index contributed by atoms with van der Waals surface area (Å²) in [6.07, 6.45) is 1.22. The highest BCUT2D eigenvalue weighted by molar-refractivity contribution is 7.90. The highest BCUT2D eigenvalue weighted by atomic mass is 35.5. The maximum Gasteiger partial charge on any atom is 0.355 e. The lowest BCUT2D eigenvalue weighted by Crippen LogP contribution is -2.21. The second-order valence-corrected chi connectivity index (χ2v) is 8.67. The van der Waals surface area contributed by atoms with E-state index in [-0.39, 0.29) is 33.5 Å². The first kappa shape index (κ1) is 21.9. The molecule has 2 aromatic carbocycles. The monoisotopic (exact) mass is 466 g/mol. The number of nitrogens with one attached hydrogen (secondary N) is 1. The summed E-state index contributed by atoms with van der Waals surface area (Å²) < 4.78 is 32.3. The van der Waals surface area contributed by atoms with Gasteiger partial charge in [-0.05, 0) is 61.5 Å². The minimum Gasteiger partial charge on any atom is -0.461 e. The third-order valence-corrected chi connectivity index (χ3v) is 6.25. The number of carbonyl (C=O) groups is 2. The topological polar surface area (TPSA) is 94.5 Å². The number of anilines is 1. The van der Waals surface area contributed by atoms with Crippen LogP contribution in [0.15, 0.2) is 65.7 Å². The molecule has 1 aromatic heterocycles. The number of amides is 1. The minimum absolute atomic E-state index is 0.00265. The number of hydrogen-bond donors (Lipinski definition) is 1. The van der Waals surface area contributed by atoms with Gasteiger partial charge in [0, 0.05) is 21.8 Å². The third kappa shape index (κ3) is 4.51. The van der Waals surface area contributed by atoms with Crippen molar-refractivity contribution < 1.29 is 22.7 Å². The Hall–Kier alpha value is -2.81. The molecule has 0 atom stereocenters. The van der Waals surface area contributed by atoms with Crippen LogP contribution >= 0.6 is 23.2 Å². The van der Waals surface area contributed by atoms with Crippen molar-refractivity contribution >= 4 is 50.8 Å². The first-order valence-electron chi connectivity index (χ1n) is 8.70. The average Bonchev–Trinajstić information content (AvgIpc) is 3.21. The van der Waals surface area contributed by atoms with Crippen LogP contribution in [0.5, 0.6) is 0 Å². The van der Waals surface area contributed by atoms with Gasteiger partial charge in [-0.3, -0.25) is 4.79 Å². The highest BCUT2D eigenvalue weighted by Crippen LogP contribution is 2.29. The van der Waals surface area contributed by atoms with Crippen LogP contribution in [0.2, 0.25) is 10.0 Å². The Labute approximate surface area is 183 Å². The standard InChI is InChI=1S/C20H16Cl2N2O5S/c1-2-29-20(26)17-4-3-11-24(17)30(27,28)18-12-15(22)9-10-16(18)23-19(25)13-5-7-14(21)8-6-13/h3-12H,2H2,1H3,(H,23,25). The van der Waals surface area contributed by atoms with Crippen LogP contribution in [0.25, 0.3) is 0 Å². The summed E-state index contributed by atoms with van der Waals surface area (Å²) in [5.41, 5.74) is 0.112. The Kier molecular flexibility index (Phi) is 6.50. The predicted molar refractivity (Wildman–Crippen MR) is 114 cm³/mol. The van der Waals surface area contributed by atoms with Crippen molar-refractivity contribution in [3.8, 4) is 0 Å². The Morgan fingerprint density at radius 3 is 2.37 bits per heavy atom. The van der Waals surface area contributed by atoms with E-state index in [1.165, 1.54) is 48.7 Å². The molecular weight excluding hydrogens is 451 g/mol. The Balaban J connectivity index is 2.03.